The van der Waals surface area contributed by atoms with E-state index in [1.807, 2.05) is 6.07 Å². The highest BCUT2D eigenvalue weighted by molar-refractivity contribution is 5.70. The third-order valence-electron chi connectivity index (χ3n) is 2.76. The molecule has 1 atom stereocenters. The Bertz CT molecular complexity index is 708. The molecule has 8 nitrogen and oxygen atoms in total. The van der Waals surface area contributed by atoms with Crippen molar-refractivity contribution in [1.29, 1.82) is 0 Å². The summed E-state index contributed by atoms with van der Waals surface area (Å²) in [6.07, 6.45) is 1.35. The molecule has 11 heteroatoms. The monoisotopic (exact) mass is 358 g/mol. The van der Waals surface area contributed by atoms with Crippen molar-refractivity contribution in [3.05, 3.63) is 37.1 Å². The summed E-state index contributed by atoms with van der Waals surface area (Å²) in [4.78, 5) is 27.5. The van der Waals surface area contributed by atoms with Crippen molar-refractivity contribution < 1.29 is 37.7 Å². The molecule has 25 heavy (non-hydrogen) atoms. The maximum absolute atomic E-state index is 10.7. The Labute approximate surface area is 139 Å². The highest BCUT2D eigenvalue weighted by Crippen LogP contribution is 2.12. The molecule has 2 aromatic rings. The van der Waals surface area contributed by atoms with Gasteiger partial charge < -0.3 is 15.0 Å². The van der Waals surface area contributed by atoms with E-state index in [-0.39, 0.29) is 0 Å². The van der Waals surface area contributed by atoms with Gasteiger partial charge in [0.05, 0.1) is 5.69 Å². The van der Waals surface area contributed by atoms with E-state index in [2.05, 4.69) is 15.1 Å². The van der Waals surface area contributed by atoms with Crippen LogP contribution in [-0.4, -0.2) is 38.3 Å². The number of rotatable bonds is 4. The van der Waals surface area contributed by atoms with Crippen LogP contribution in [0, 0.1) is 5.92 Å². The summed E-state index contributed by atoms with van der Waals surface area (Å²) in [5.74, 6) is -4.30. The van der Waals surface area contributed by atoms with Gasteiger partial charge in [-0.1, -0.05) is 4.68 Å². The van der Waals surface area contributed by atoms with Crippen LogP contribution in [0.25, 0.3) is 11.3 Å². The third kappa shape index (κ3) is 6.89. The maximum atomic E-state index is 10.7. The molecule has 1 N–H and O–H groups in total. The van der Waals surface area contributed by atoms with Gasteiger partial charge in [0, 0.05) is 17.8 Å². The van der Waals surface area contributed by atoms with Crippen LogP contribution in [0.15, 0.2) is 37.1 Å². The Hall–Kier alpha value is -3.11. The van der Waals surface area contributed by atoms with Crippen molar-refractivity contribution >= 4 is 11.9 Å². The van der Waals surface area contributed by atoms with Crippen molar-refractivity contribution in [3.63, 3.8) is 0 Å². The number of halogens is 3. The molecule has 134 valence electrons. The quantitative estimate of drug-likeness (QED) is 0.754. The van der Waals surface area contributed by atoms with Crippen molar-refractivity contribution in [2.45, 2.75) is 19.6 Å². The van der Waals surface area contributed by atoms with Crippen molar-refractivity contribution in [2.24, 2.45) is 5.92 Å². The molecule has 0 aromatic carbocycles. The van der Waals surface area contributed by atoms with Gasteiger partial charge in [0.25, 0.3) is 0 Å². The minimum atomic E-state index is -5.19. The predicted molar refractivity (Wildman–Crippen MR) is 73.3 cm³/mol. The number of alkyl halides is 3. The molecule has 2 rings (SSSR count). The number of carbonyl (C=O) groups is 2. The number of hydrogen-bond acceptors (Lipinski definition) is 6. The van der Waals surface area contributed by atoms with Crippen LogP contribution in [0.4, 0.5) is 13.2 Å². The van der Waals surface area contributed by atoms with Gasteiger partial charge in [0.15, 0.2) is 12.7 Å². The number of carbonyl (C=O) groups excluding carboxylic acids is 1. The zero-order valence-electron chi connectivity index (χ0n) is 12.8. The molecule has 0 bridgehead atoms. The normalized spacial score (nSPS) is 11.8. The first kappa shape index (κ1) is 19.9. The average molecular weight is 358 g/mol. The zero-order valence-corrected chi connectivity index (χ0v) is 12.8. The van der Waals surface area contributed by atoms with Crippen molar-refractivity contribution in [1.82, 2.24) is 15.1 Å². The fourth-order valence-corrected chi connectivity index (χ4v) is 1.46. The van der Waals surface area contributed by atoms with Crippen LogP contribution < -0.4 is 9.79 Å². The molecular formula is C14H13F3N4O4. The van der Waals surface area contributed by atoms with Gasteiger partial charge in [0.2, 0.25) is 0 Å². The first-order chi connectivity index (χ1) is 11.6. The summed E-state index contributed by atoms with van der Waals surface area (Å²) in [7, 11) is 0. The number of carboxylic acids is 2. The molecule has 0 aliphatic rings. The second-order valence-electron chi connectivity index (χ2n) is 4.76. The number of aromatic nitrogens is 4. The fraction of sp³-hybridized carbons (Fsp3) is 0.286. The van der Waals surface area contributed by atoms with E-state index >= 15 is 0 Å². The molecule has 0 radical (unpaired) electrons. The lowest BCUT2D eigenvalue weighted by Crippen LogP contribution is -2.42. The minimum absolute atomic E-state index is 0.347. The Morgan fingerprint density at radius 1 is 1.36 bits per heavy atom. The van der Waals surface area contributed by atoms with Crippen LogP contribution in [0.3, 0.4) is 0 Å². The summed E-state index contributed by atoms with van der Waals surface area (Å²) < 4.78 is 33.1. The second kappa shape index (κ2) is 8.66. The summed E-state index contributed by atoms with van der Waals surface area (Å²) in [6, 6.07) is 3.64. The molecule has 0 fully saturated rings. The highest BCUT2D eigenvalue weighted by Gasteiger charge is 2.28. The predicted octanol–water partition coefficient (Wildman–Crippen LogP) is -0.155. The van der Waals surface area contributed by atoms with E-state index in [1.54, 1.807) is 36.3 Å². The fourth-order valence-electron chi connectivity index (χ4n) is 1.46. The summed E-state index contributed by atoms with van der Waals surface area (Å²) in [6.45, 7) is 1.99. The van der Waals surface area contributed by atoms with Crippen LogP contribution in [0.1, 0.15) is 6.92 Å². The van der Waals surface area contributed by atoms with E-state index in [1.165, 1.54) is 6.33 Å². The van der Waals surface area contributed by atoms with Gasteiger partial charge in [-0.2, -0.15) is 13.2 Å². The number of carboxylic acid groups (broad SMARTS) is 2. The first-order valence-corrected chi connectivity index (χ1v) is 6.74. The smallest absolute Gasteiger partial charge is 0.430 e. The molecule has 2 aromatic heterocycles. The van der Waals surface area contributed by atoms with Gasteiger partial charge in [0.1, 0.15) is 24.4 Å². The number of aliphatic carboxylic acids is 2. The SMILES string of the molecule is CC(C[n+]1ccc(-c2ccncn2)cn1)C(=O)O.O=C([O-])C(F)(F)F. The summed E-state index contributed by atoms with van der Waals surface area (Å²) in [5.41, 5.74) is 1.66. The average Bonchev–Trinajstić information content (AvgIpc) is 2.56. The maximum Gasteiger partial charge on any atom is 0.430 e. The molecule has 0 aliphatic heterocycles. The highest BCUT2D eigenvalue weighted by atomic mass is 19.4. The lowest BCUT2D eigenvalue weighted by molar-refractivity contribution is -0.757. The molecule has 0 amide bonds. The summed E-state index contributed by atoms with van der Waals surface area (Å²) >= 11 is 0. The molecule has 0 spiro atoms. The molecule has 1 unspecified atom stereocenters. The lowest BCUT2D eigenvalue weighted by atomic mass is 10.2. The van der Waals surface area contributed by atoms with Gasteiger partial charge in [-0.15, -0.1) is 0 Å². The van der Waals surface area contributed by atoms with E-state index in [4.69, 9.17) is 15.0 Å². The van der Waals surface area contributed by atoms with Crippen LogP contribution >= 0.6 is 0 Å². The number of nitrogens with zero attached hydrogens (tertiary/aromatic N) is 4. The van der Waals surface area contributed by atoms with Crippen molar-refractivity contribution in [2.75, 3.05) is 0 Å². The van der Waals surface area contributed by atoms with E-state index in [0.29, 0.717) is 6.54 Å². The Morgan fingerprint density at radius 3 is 2.40 bits per heavy atom. The lowest BCUT2D eigenvalue weighted by Gasteiger charge is -2.03. The van der Waals surface area contributed by atoms with Crippen LogP contribution in [-0.2, 0) is 16.1 Å². The summed E-state index contributed by atoms with van der Waals surface area (Å²) in [5, 5.41) is 21.8. The minimum Gasteiger partial charge on any atom is -0.542 e. The topological polar surface area (TPSA) is 120 Å². The molecule has 2 heterocycles. The van der Waals surface area contributed by atoms with Crippen LogP contribution in [0.5, 0.6) is 0 Å². The zero-order chi connectivity index (χ0) is 19.0. The molecule has 0 saturated carbocycles. The Morgan fingerprint density at radius 2 is 2.00 bits per heavy atom. The van der Waals surface area contributed by atoms with E-state index in [0.717, 1.165) is 11.3 Å². The number of hydrogen-bond donors (Lipinski definition) is 1. The van der Waals surface area contributed by atoms with Crippen LogP contribution in [0.2, 0.25) is 0 Å². The second-order valence-corrected chi connectivity index (χ2v) is 4.76. The van der Waals surface area contributed by atoms with Gasteiger partial charge in [-0.3, -0.25) is 4.79 Å². The first-order valence-electron chi connectivity index (χ1n) is 6.74. The Balaban J connectivity index is 0.000000381. The van der Waals surface area contributed by atoms with Gasteiger partial charge >= 0.3 is 12.1 Å². The molecular weight excluding hydrogens is 345 g/mol. The van der Waals surface area contributed by atoms with E-state index < -0.39 is 24.0 Å². The van der Waals surface area contributed by atoms with Gasteiger partial charge in [-0.05, 0) is 18.1 Å². The molecule has 0 aliphatic carbocycles. The van der Waals surface area contributed by atoms with E-state index in [9.17, 15) is 18.0 Å². The largest absolute Gasteiger partial charge is 0.542 e. The standard InChI is InChI=1S/C12H12N4O2.C2HF3O2/c1-9(12(17)18)7-16-5-3-10(6-15-16)11-2-4-13-8-14-11;3-2(4,5)1(6)7/h2-6,8-9H,7H2,1H3;(H,6,7). The van der Waals surface area contributed by atoms with Gasteiger partial charge in [-0.25, -0.2) is 9.97 Å². The Kier molecular flexibility index (Phi) is 6.91. The third-order valence-corrected chi connectivity index (χ3v) is 2.76. The van der Waals surface area contributed by atoms with Crippen molar-refractivity contribution in [3.8, 4) is 11.3 Å². The molecule has 0 saturated heterocycles.